The maximum Gasteiger partial charge on any atom is 0.400 e. The molecule has 1 aromatic rings. The Kier molecular flexibility index (Phi) is 1.41. The highest BCUT2D eigenvalue weighted by Gasteiger charge is 2.66. The van der Waals surface area contributed by atoms with Gasteiger partial charge in [-0.05, 0) is 12.8 Å². The summed E-state index contributed by atoms with van der Waals surface area (Å²) >= 11 is 0. The van der Waals surface area contributed by atoms with Crippen LogP contribution in [0.1, 0.15) is 18.5 Å². The normalized spacial score (nSPS) is 20.2. The van der Waals surface area contributed by atoms with Gasteiger partial charge in [-0.2, -0.15) is 13.2 Å². The van der Waals surface area contributed by atoms with E-state index in [-0.39, 0.29) is 24.4 Å². The molecule has 0 bridgehead atoms. The number of rotatable bonds is 1. The molecule has 1 saturated carbocycles. The van der Waals surface area contributed by atoms with E-state index in [1.165, 1.54) is 0 Å². The zero-order valence-corrected chi connectivity index (χ0v) is 6.56. The van der Waals surface area contributed by atoms with Crippen molar-refractivity contribution in [3.05, 3.63) is 11.8 Å². The molecule has 2 rings (SSSR count). The van der Waals surface area contributed by atoms with Crippen LogP contribution in [0.25, 0.3) is 0 Å². The van der Waals surface area contributed by atoms with Gasteiger partial charge in [0.05, 0.1) is 0 Å². The average Bonchev–Trinajstić information content (AvgIpc) is 2.70. The summed E-state index contributed by atoms with van der Waals surface area (Å²) in [4.78, 5) is 0. The largest absolute Gasteiger partial charge is 0.400 e. The Bertz CT molecular complexity index is 327. The predicted octanol–water partition coefficient (Wildman–Crippen LogP) is 1.85. The molecular formula is C7H7F3N2O. The Morgan fingerprint density at radius 1 is 1.46 bits per heavy atom. The molecule has 0 aromatic carbocycles. The highest BCUT2D eigenvalue weighted by molar-refractivity contribution is 5.34. The zero-order chi connectivity index (χ0) is 9.69. The topological polar surface area (TPSA) is 52.0 Å². The fourth-order valence-corrected chi connectivity index (χ4v) is 1.32. The number of anilines is 1. The Labute approximate surface area is 71.7 Å². The van der Waals surface area contributed by atoms with Gasteiger partial charge in [0, 0.05) is 6.07 Å². The number of nitrogens with zero attached hydrogens (tertiary/aromatic N) is 1. The van der Waals surface area contributed by atoms with Crippen molar-refractivity contribution >= 4 is 5.88 Å². The van der Waals surface area contributed by atoms with E-state index in [9.17, 15) is 13.2 Å². The van der Waals surface area contributed by atoms with Crippen LogP contribution in [-0.4, -0.2) is 11.3 Å². The highest BCUT2D eigenvalue weighted by Crippen LogP contribution is 2.58. The van der Waals surface area contributed by atoms with Gasteiger partial charge < -0.3 is 10.3 Å². The number of hydrogen-bond donors (Lipinski definition) is 1. The van der Waals surface area contributed by atoms with Crippen molar-refractivity contribution in [1.29, 1.82) is 0 Å². The van der Waals surface area contributed by atoms with E-state index in [2.05, 4.69) is 9.68 Å². The number of hydrogen-bond acceptors (Lipinski definition) is 3. The summed E-state index contributed by atoms with van der Waals surface area (Å²) in [5, 5.41) is 3.30. The van der Waals surface area contributed by atoms with Crippen LogP contribution in [0, 0.1) is 0 Å². The summed E-state index contributed by atoms with van der Waals surface area (Å²) in [5.41, 5.74) is 3.27. The molecule has 3 nitrogen and oxygen atoms in total. The molecular weight excluding hydrogens is 185 g/mol. The van der Waals surface area contributed by atoms with Crippen LogP contribution in [0.4, 0.5) is 19.1 Å². The van der Waals surface area contributed by atoms with Gasteiger partial charge in [0.15, 0.2) is 0 Å². The van der Waals surface area contributed by atoms with Crippen LogP contribution in [0.2, 0.25) is 0 Å². The fraction of sp³-hybridized carbons (Fsp3) is 0.571. The van der Waals surface area contributed by atoms with E-state index < -0.39 is 11.6 Å². The summed E-state index contributed by atoms with van der Waals surface area (Å²) in [5.74, 6) is -0.0782. The van der Waals surface area contributed by atoms with Crippen molar-refractivity contribution in [1.82, 2.24) is 5.16 Å². The second-order valence-corrected chi connectivity index (χ2v) is 3.19. The second kappa shape index (κ2) is 2.18. The molecule has 0 unspecified atom stereocenters. The average molecular weight is 192 g/mol. The summed E-state index contributed by atoms with van der Waals surface area (Å²) in [6.07, 6.45) is -4.11. The highest BCUT2D eigenvalue weighted by atomic mass is 19.4. The number of aromatic nitrogens is 1. The van der Waals surface area contributed by atoms with Crippen LogP contribution in [0.3, 0.4) is 0 Å². The van der Waals surface area contributed by atoms with Crippen LogP contribution in [-0.2, 0) is 5.41 Å². The first-order valence-electron chi connectivity index (χ1n) is 3.75. The Morgan fingerprint density at radius 3 is 2.38 bits per heavy atom. The molecule has 2 N–H and O–H groups in total. The van der Waals surface area contributed by atoms with E-state index in [0.29, 0.717) is 0 Å². The van der Waals surface area contributed by atoms with E-state index in [4.69, 9.17) is 5.73 Å². The van der Waals surface area contributed by atoms with Gasteiger partial charge in [-0.3, -0.25) is 0 Å². The first-order valence-corrected chi connectivity index (χ1v) is 3.75. The SMILES string of the molecule is Nc1cc(C2(C(F)(F)F)CC2)no1. The third-order valence-electron chi connectivity index (χ3n) is 2.31. The summed E-state index contributed by atoms with van der Waals surface area (Å²) in [6, 6.07) is 1.14. The molecule has 0 radical (unpaired) electrons. The minimum atomic E-state index is -4.25. The monoisotopic (exact) mass is 192 g/mol. The molecule has 13 heavy (non-hydrogen) atoms. The third-order valence-corrected chi connectivity index (χ3v) is 2.31. The van der Waals surface area contributed by atoms with Crippen LogP contribution in [0.5, 0.6) is 0 Å². The minimum absolute atomic E-state index is 0.0719. The number of alkyl halides is 3. The van der Waals surface area contributed by atoms with Crippen molar-refractivity contribution < 1.29 is 17.7 Å². The number of halogens is 3. The van der Waals surface area contributed by atoms with Gasteiger partial charge >= 0.3 is 6.18 Å². The number of nitrogen functional groups attached to an aromatic ring is 1. The molecule has 1 aliphatic carbocycles. The van der Waals surface area contributed by atoms with Gasteiger partial charge in [0.2, 0.25) is 5.88 Å². The van der Waals surface area contributed by atoms with E-state index in [0.717, 1.165) is 6.07 Å². The zero-order valence-electron chi connectivity index (χ0n) is 6.56. The first-order chi connectivity index (χ1) is 5.96. The quantitative estimate of drug-likeness (QED) is 0.738. The maximum absolute atomic E-state index is 12.5. The molecule has 1 aliphatic rings. The molecule has 0 amide bonds. The van der Waals surface area contributed by atoms with Gasteiger partial charge in [-0.25, -0.2) is 0 Å². The van der Waals surface area contributed by atoms with E-state index in [1.54, 1.807) is 0 Å². The van der Waals surface area contributed by atoms with Gasteiger partial charge in [-0.1, -0.05) is 5.16 Å². The molecule has 1 fully saturated rings. The lowest BCUT2D eigenvalue weighted by atomic mass is 10.0. The van der Waals surface area contributed by atoms with Crippen LogP contribution < -0.4 is 5.73 Å². The van der Waals surface area contributed by atoms with E-state index >= 15 is 0 Å². The standard InChI is InChI=1S/C7H7F3N2O/c8-7(9,10)6(1-2-6)4-3-5(11)13-12-4/h3H,1-2,11H2. The maximum atomic E-state index is 12.5. The molecule has 0 spiro atoms. The van der Waals surface area contributed by atoms with Gasteiger partial charge in [0.25, 0.3) is 0 Å². The van der Waals surface area contributed by atoms with Crippen LogP contribution in [0.15, 0.2) is 10.6 Å². The van der Waals surface area contributed by atoms with Crippen molar-refractivity contribution in [2.75, 3.05) is 5.73 Å². The fourth-order valence-electron chi connectivity index (χ4n) is 1.32. The predicted molar refractivity (Wildman–Crippen MR) is 37.9 cm³/mol. The van der Waals surface area contributed by atoms with Gasteiger partial charge in [0.1, 0.15) is 11.1 Å². The molecule has 0 atom stereocenters. The lowest BCUT2D eigenvalue weighted by molar-refractivity contribution is -0.161. The number of nitrogens with two attached hydrogens (primary N) is 1. The lowest BCUT2D eigenvalue weighted by Gasteiger charge is -2.15. The van der Waals surface area contributed by atoms with E-state index in [1.807, 2.05) is 0 Å². The molecule has 1 heterocycles. The summed E-state index contributed by atoms with van der Waals surface area (Å²) in [7, 11) is 0. The summed E-state index contributed by atoms with van der Waals surface area (Å²) < 4.78 is 41.8. The van der Waals surface area contributed by atoms with Crippen molar-refractivity contribution in [3.8, 4) is 0 Å². The first kappa shape index (κ1) is 8.40. The van der Waals surface area contributed by atoms with Crippen molar-refractivity contribution in [2.45, 2.75) is 24.4 Å². The van der Waals surface area contributed by atoms with Crippen molar-refractivity contribution in [3.63, 3.8) is 0 Å². The molecule has 6 heteroatoms. The molecule has 1 aromatic heterocycles. The molecule has 0 aliphatic heterocycles. The van der Waals surface area contributed by atoms with Crippen LogP contribution >= 0.6 is 0 Å². The minimum Gasteiger partial charge on any atom is -0.368 e. The second-order valence-electron chi connectivity index (χ2n) is 3.19. The Balaban J connectivity index is 2.36. The van der Waals surface area contributed by atoms with Crippen molar-refractivity contribution in [2.24, 2.45) is 0 Å². The Morgan fingerprint density at radius 2 is 2.08 bits per heavy atom. The third kappa shape index (κ3) is 1.08. The smallest absolute Gasteiger partial charge is 0.368 e. The molecule has 72 valence electrons. The summed E-state index contributed by atoms with van der Waals surface area (Å²) in [6.45, 7) is 0. The molecule has 0 saturated heterocycles. The van der Waals surface area contributed by atoms with Gasteiger partial charge in [-0.15, -0.1) is 0 Å². The lowest BCUT2D eigenvalue weighted by Crippen LogP contribution is -2.28. The Hall–Kier alpha value is -1.20.